The average molecular weight is 200 g/mol. The number of amides is 2. The Morgan fingerprint density at radius 3 is 2.77 bits per heavy atom. The summed E-state index contributed by atoms with van der Waals surface area (Å²) in [5, 5.41) is 3.19. The first-order valence-corrected chi connectivity index (χ1v) is 4.05. The molecule has 0 saturated carbocycles. The smallest absolute Gasteiger partial charge is 0.307 e. The first kappa shape index (κ1) is 9.83. The van der Waals surface area contributed by atoms with Crippen LogP contribution in [0, 0.1) is 6.92 Å². The van der Waals surface area contributed by atoms with Crippen molar-refractivity contribution in [1.82, 2.24) is 5.43 Å². The van der Waals surface area contributed by atoms with Crippen molar-refractivity contribution in [1.29, 1.82) is 0 Å². The lowest BCUT2D eigenvalue weighted by Gasteiger charge is -2.07. The highest BCUT2D eigenvalue weighted by Gasteiger charge is 2.01. The summed E-state index contributed by atoms with van der Waals surface area (Å²) in [6.07, 6.45) is 0. The molecule has 0 fully saturated rings. The van der Waals surface area contributed by atoms with Gasteiger partial charge in [-0.3, -0.25) is 5.43 Å². The van der Waals surface area contributed by atoms with Gasteiger partial charge in [0, 0.05) is 10.7 Å². The van der Waals surface area contributed by atoms with Gasteiger partial charge in [-0.15, -0.1) is 0 Å². The molecule has 0 heterocycles. The molecule has 13 heavy (non-hydrogen) atoms. The number of carbonyl (C=O) groups is 1. The Morgan fingerprint density at radius 2 is 2.23 bits per heavy atom. The molecule has 1 aromatic carbocycles. The highest BCUT2D eigenvalue weighted by molar-refractivity contribution is 6.30. The van der Waals surface area contributed by atoms with Crippen LogP contribution in [-0.4, -0.2) is 6.03 Å². The maximum absolute atomic E-state index is 10.8. The van der Waals surface area contributed by atoms with Crippen LogP contribution in [0.2, 0.25) is 5.02 Å². The molecule has 0 radical (unpaired) electrons. The summed E-state index contributed by atoms with van der Waals surface area (Å²) in [6.45, 7) is 1.85. The number of aryl methyl sites for hydroxylation is 1. The monoisotopic (exact) mass is 199 g/mol. The molecule has 0 aliphatic carbocycles. The number of hydrazine groups is 1. The van der Waals surface area contributed by atoms with E-state index in [1.165, 1.54) is 0 Å². The Balaban J connectivity index is 2.83. The fraction of sp³-hybridized carbons (Fsp3) is 0.125. The van der Waals surface area contributed by atoms with Crippen LogP contribution in [0.4, 0.5) is 10.5 Å². The third kappa shape index (κ3) is 2.61. The van der Waals surface area contributed by atoms with E-state index in [0.29, 0.717) is 10.7 Å². The number of nitrogens with two attached hydrogens (primary N) is 1. The highest BCUT2D eigenvalue weighted by atomic mass is 35.5. The Bertz CT molecular complexity index is 327. The molecule has 1 aromatic rings. The zero-order valence-electron chi connectivity index (χ0n) is 7.10. The van der Waals surface area contributed by atoms with E-state index in [4.69, 9.17) is 17.4 Å². The molecule has 1 rings (SSSR count). The molecule has 0 aromatic heterocycles. The molecule has 2 amide bonds. The van der Waals surface area contributed by atoms with Gasteiger partial charge in [0.15, 0.2) is 0 Å². The molecule has 0 spiro atoms. The summed E-state index contributed by atoms with van der Waals surface area (Å²) < 4.78 is 0. The summed E-state index contributed by atoms with van der Waals surface area (Å²) in [5.74, 6) is 4.91. The number of hydrogen-bond acceptors (Lipinski definition) is 2. The Kier molecular flexibility index (Phi) is 3.11. The van der Waals surface area contributed by atoms with E-state index in [9.17, 15) is 4.79 Å². The number of benzene rings is 1. The zero-order chi connectivity index (χ0) is 9.84. The molecule has 5 heteroatoms. The minimum Gasteiger partial charge on any atom is -0.307 e. The highest BCUT2D eigenvalue weighted by Crippen LogP contribution is 2.19. The van der Waals surface area contributed by atoms with Crippen LogP contribution in [0.1, 0.15) is 5.56 Å². The molecule has 4 N–H and O–H groups in total. The number of nitrogens with one attached hydrogen (secondary N) is 2. The standard InChI is InChI=1S/C8H10ClN3O/c1-5-4-6(9)2-3-7(5)11-8(13)12-10/h2-4H,10H2,1H3,(H2,11,12,13). The van der Waals surface area contributed by atoms with Crippen molar-refractivity contribution < 1.29 is 4.79 Å². The second kappa shape index (κ2) is 4.11. The molecule has 4 nitrogen and oxygen atoms in total. The Morgan fingerprint density at radius 1 is 1.54 bits per heavy atom. The topological polar surface area (TPSA) is 67.2 Å². The van der Waals surface area contributed by atoms with Crippen LogP contribution >= 0.6 is 11.6 Å². The van der Waals surface area contributed by atoms with Gasteiger partial charge in [-0.05, 0) is 30.7 Å². The molecule has 0 unspecified atom stereocenters. The molecule has 0 aliphatic heterocycles. The van der Waals surface area contributed by atoms with Crippen molar-refractivity contribution in [2.45, 2.75) is 6.92 Å². The minimum atomic E-state index is -0.453. The second-order valence-corrected chi connectivity index (χ2v) is 2.99. The van der Waals surface area contributed by atoms with Gasteiger partial charge in [0.05, 0.1) is 0 Å². The first-order chi connectivity index (χ1) is 6.13. The minimum absolute atomic E-state index is 0.453. The fourth-order valence-electron chi connectivity index (χ4n) is 0.926. The summed E-state index contributed by atoms with van der Waals surface area (Å²) in [4.78, 5) is 10.8. The van der Waals surface area contributed by atoms with Gasteiger partial charge in [-0.2, -0.15) is 0 Å². The number of anilines is 1. The number of carbonyl (C=O) groups excluding carboxylic acids is 1. The van der Waals surface area contributed by atoms with Gasteiger partial charge in [-0.25, -0.2) is 10.6 Å². The summed E-state index contributed by atoms with van der Waals surface area (Å²) in [6, 6.07) is 4.71. The Hall–Kier alpha value is -1.26. The summed E-state index contributed by atoms with van der Waals surface area (Å²) in [7, 11) is 0. The van der Waals surface area contributed by atoms with E-state index in [2.05, 4.69) is 5.32 Å². The number of halogens is 1. The van der Waals surface area contributed by atoms with E-state index >= 15 is 0 Å². The quantitative estimate of drug-likeness (QED) is 0.366. The normalized spacial score (nSPS) is 9.46. The largest absolute Gasteiger partial charge is 0.333 e. The number of urea groups is 1. The van der Waals surface area contributed by atoms with Crippen LogP contribution in [0.25, 0.3) is 0 Å². The maximum atomic E-state index is 10.8. The molecule has 0 saturated heterocycles. The van der Waals surface area contributed by atoms with Crippen LogP contribution in [0.15, 0.2) is 18.2 Å². The fourth-order valence-corrected chi connectivity index (χ4v) is 1.15. The third-order valence-corrected chi connectivity index (χ3v) is 1.80. The van der Waals surface area contributed by atoms with E-state index < -0.39 is 6.03 Å². The second-order valence-electron chi connectivity index (χ2n) is 2.56. The number of rotatable bonds is 1. The van der Waals surface area contributed by atoms with Gasteiger partial charge in [0.25, 0.3) is 0 Å². The van der Waals surface area contributed by atoms with E-state index in [1.807, 2.05) is 12.3 Å². The van der Waals surface area contributed by atoms with Crippen molar-refractivity contribution >= 4 is 23.3 Å². The van der Waals surface area contributed by atoms with Gasteiger partial charge >= 0.3 is 6.03 Å². The molecular weight excluding hydrogens is 190 g/mol. The van der Waals surface area contributed by atoms with E-state index in [-0.39, 0.29) is 0 Å². The van der Waals surface area contributed by atoms with Crippen LogP contribution in [-0.2, 0) is 0 Å². The van der Waals surface area contributed by atoms with Crippen molar-refractivity contribution in [3.8, 4) is 0 Å². The van der Waals surface area contributed by atoms with Crippen molar-refractivity contribution in [3.05, 3.63) is 28.8 Å². The van der Waals surface area contributed by atoms with Crippen LogP contribution in [0.5, 0.6) is 0 Å². The molecule has 0 atom stereocenters. The lowest BCUT2D eigenvalue weighted by molar-refractivity contribution is 0.252. The van der Waals surface area contributed by atoms with Crippen molar-refractivity contribution in [3.63, 3.8) is 0 Å². The SMILES string of the molecule is Cc1cc(Cl)ccc1NC(=O)NN. The average Bonchev–Trinajstić information content (AvgIpc) is 2.09. The summed E-state index contributed by atoms with van der Waals surface area (Å²) in [5.41, 5.74) is 3.54. The molecule has 0 aliphatic rings. The molecule has 70 valence electrons. The van der Waals surface area contributed by atoms with Gasteiger partial charge < -0.3 is 5.32 Å². The molecular formula is C8H10ClN3O. The predicted molar refractivity (Wildman–Crippen MR) is 52.5 cm³/mol. The molecule has 0 bridgehead atoms. The van der Waals surface area contributed by atoms with Gasteiger partial charge in [0.2, 0.25) is 0 Å². The van der Waals surface area contributed by atoms with E-state index in [0.717, 1.165) is 5.56 Å². The zero-order valence-corrected chi connectivity index (χ0v) is 7.85. The van der Waals surface area contributed by atoms with Gasteiger partial charge in [-0.1, -0.05) is 11.6 Å². The van der Waals surface area contributed by atoms with Crippen molar-refractivity contribution in [2.24, 2.45) is 5.84 Å². The lowest BCUT2D eigenvalue weighted by Crippen LogP contribution is -2.34. The summed E-state index contributed by atoms with van der Waals surface area (Å²) >= 11 is 5.73. The van der Waals surface area contributed by atoms with Crippen molar-refractivity contribution in [2.75, 3.05) is 5.32 Å². The van der Waals surface area contributed by atoms with E-state index in [1.54, 1.807) is 18.2 Å². The van der Waals surface area contributed by atoms with Crippen LogP contribution < -0.4 is 16.6 Å². The maximum Gasteiger partial charge on any atom is 0.333 e. The number of hydrogen-bond donors (Lipinski definition) is 3. The predicted octanol–water partition coefficient (Wildman–Crippen LogP) is 1.64. The Labute approximate surface area is 81.0 Å². The lowest BCUT2D eigenvalue weighted by atomic mass is 10.2. The van der Waals surface area contributed by atoms with Gasteiger partial charge in [0.1, 0.15) is 0 Å². The first-order valence-electron chi connectivity index (χ1n) is 3.67. The van der Waals surface area contributed by atoms with Crippen LogP contribution in [0.3, 0.4) is 0 Å². The third-order valence-electron chi connectivity index (χ3n) is 1.57.